The van der Waals surface area contributed by atoms with Gasteiger partial charge in [-0.3, -0.25) is 4.90 Å². The lowest BCUT2D eigenvalue weighted by molar-refractivity contribution is 0.128. The number of rotatable bonds is 4. The van der Waals surface area contributed by atoms with E-state index in [1.807, 2.05) is 13.0 Å². The lowest BCUT2D eigenvalue weighted by Gasteiger charge is -2.26. The van der Waals surface area contributed by atoms with E-state index in [1.54, 1.807) is 0 Å². The molecule has 6 heteroatoms. The topological polar surface area (TPSA) is 67.5 Å². The van der Waals surface area contributed by atoms with Gasteiger partial charge in [-0.25, -0.2) is 9.97 Å². The fraction of sp³-hybridized carbons (Fsp3) is 0.733. The molecule has 2 N–H and O–H groups in total. The Hall–Kier alpha value is -1.40. The third kappa shape index (κ3) is 3.44. The molecule has 0 saturated carbocycles. The molecule has 0 aromatic carbocycles. The Morgan fingerprint density at radius 3 is 3.00 bits per heavy atom. The molecule has 2 fully saturated rings. The predicted molar refractivity (Wildman–Crippen MR) is 83.2 cm³/mol. The van der Waals surface area contributed by atoms with Crippen molar-refractivity contribution in [3.8, 4) is 0 Å². The van der Waals surface area contributed by atoms with Crippen LogP contribution in [0.2, 0.25) is 0 Å². The highest BCUT2D eigenvalue weighted by Crippen LogP contribution is 2.24. The molecule has 3 rings (SSSR count). The second kappa shape index (κ2) is 6.58. The highest BCUT2D eigenvalue weighted by atomic mass is 16.5. The Labute approximate surface area is 126 Å². The first-order valence-corrected chi connectivity index (χ1v) is 7.96. The third-order valence-corrected chi connectivity index (χ3v) is 4.34. The van der Waals surface area contributed by atoms with Crippen LogP contribution >= 0.6 is 0 Å². The summed E-state index contributed by atoms with van der Waals surface area (Å²) in [4.78, 5) is 13.9. The second-order valence-corrected chi connectivity index (χ2v) is 5.84. The van der Waals surface area contributed by atoms with E-state index in [4.69, 9.17) is 10.5 Å². The molecule has 0 spiro atoms. The summed E-state index contributed by atoms with van der Waals surface area (Å²) in [5, 5.41) is 0. The van der Waals surface area contributed by atoms with Crippen LogP contribution in [0.3, 0.4) is 0 Å². The molecule has 6 nitrogen and oxygen atoms in total. The van der Waals surface area contributed by atoms with Gasteiger partial charge in [0.05, 0.1) is 0 Å². The Morgan fingerprint density at radius 2 is 2.14 bits per heavy atom. The largest absolute Gasteiger partial charge is 0.384 e. The minimum Gasteiger partial charge on any atom is -0.384 e. The standard InChI is InChI=1S/C15H25N5O/c1-2-21-11-14-17-13(16)9-15(18-14)20-8-4-7-19-6-3-5-12(19)10-20/h9,12H,2-8,10-11H2,1H3,(H2,16,17,18). The van der Waals surface area contributed by atoms with Crippen molar-refractivity contribution in [3.63, 3.8) is 0 Å². The van der Waals surface area contributed by atoms with Crippen LogP contribution in [0.5, 0.6) is 0 Å². The maximum atomic E-state index is 5.94. The number of hydrogen-bond acceptors (Lipinski definition) is 6. The second-order valence-electron chi connectivity index (χ2n) is 5.84. The van der Waals surface area contributed by atoms with Crippen LogP contribution in [0.15, 0.2) is 6.07 Å². The van der Waals surface area contributed by atoms with Gasteiger partial charge in [-0.2, -0.15) is 0 Å². The fourth-order valence-corrected chi connectivity index (χ4v) is 3.34. The van der Waals surface area contributed by atoms with E-state index in [0.29, 0.717) is 30.9 Å². The summed E-state index contributed by atoms with van der Waals surface area (Å²) in [5.74, 6) is 2.16. The quantitative estimate of drug-likeness (QED) is 0.901. The lowest BCUT2D eigenvalue weighted by atomic mass is 10.2. The van der Waals surface area contributed by atoms with Crippen molar-refractivity contribution in [2.45, 2.75) is 38.8 Å². The van der Waals surface area contributed by atoms with E-state index in [9.17, 15) is 0 Å². The average molecular weight is 291 g/mol. The van der Waals surface area contributed by atoms with E-state index in [1.165, 1.54) is 32.4 Å². The van der Waals surface area contributed by atoms with Crippen LogP contribution in [-0.2, 0) is 11.3 Å². The molecular weight excluding hydrogens is 266 g/mol. The van der Waals surface area contributed by atoms with E-state index >= 15 is 0 Å². The molecule has 21 heavy (non-hydrogen) atoms. The van der Waals surface area contributed by atoms with Gasteiger partial charge in [0.25, 0.3) is 0 Å². The first-order valence-electron chi connectivity index (χ1n) is 7.96. The molecule has 1 aromatic heterocycles. The predicted octanol–water partition coefficient (Wildman–Crippen LogP) is 1.27. The van der Waals surface area contributed by atoms with Gasteiger partial charge in [-0.05, 0) is 32.7 Å². The SMILES string of the molecule is CCOCc1nc(N)cc(N2CCCN3CCCC3C2)n1. The molecule has 3 heterocycles. The van der Waals surface area contributed by atoms with Crippen LogP contribution in [0, 0.1) is 0 Å². The molecule has 116 valence electrons. The van der Waals surface area contributed by atoms with E-state index < -0.39 is 0 Å². The first kappa shape index (κ1) is 14.5. The van der Waals surface area contributed by atoms with Crippen LogP contribution in [0.1, 0.15) is 32.0 Å². The summed E-state index contributed by atoms with van der Waals surface area (Å²) in [6.45, 7) is 7.60. The molecular formula is C15H25N5O. The van der Waals surface area contributed by atoms with Crippen LogP contribution in [0.4, 0.5) is 11.6 Å². The number of hydrogen-bond donors (Lipinski definition) is 1. The Kier molecular flexibility index (Phi) is 4.55. The van der Waals surface area contributed by atoms with Gasteiger partial charge < -0.3 is 15.4 Å². The smallest absolute Gasteiger partial charge is 0.158 e. The molecule has 0 amide bonds. The molecule has 0 aliphatic carbocycles. The minimum absolute atomic E-state index is 0.429. The molecule has 2 aliphatic rings. The minimum atomic E-state index is 0.429. The molecule has 0 radical (unpaired) electrons. The molecule has 0 bridgehead atoms. The van der Waals surface area contributed by atoms with Gasteiger partial charge in [0, 0.05) is 38.3 Å². The number of fused-ring (bicyclic) bond motifs is 1. The zero-order chi connectivity index (χ0) is 14.7. The highest BCUT2D eigenvalue weighted by Gasteiger charge is 2.29. The Balaban J connectivity index is 1.76. The van der Waals surface area contributed by atoms with Gasteiger partial charge in [0.1, 0.15) is 18.2 Å². The van der Waals surface area contributed by atoms with Crippen molar-refractivity contribution in [1.29, 1.82) is 0 Å². The number of nitrogen functional groups attached to an aromatic ring is 1. The van der Waals surface area contributed by atoms with Crippen molar-refractivity contribution >= 4 is 11.6 Å². The summed E-state index contributed by atoms with van der Waals surface area (Å²) in [5.41, 5.74) is 5.94. The number of aromatic nitrogens is 2. The van der Waals surface area contributed by atoms with Crippen molar-refractivity contribution in [1.82, 2.24) is 14.9 Å². The number of anilines is 2. The van der Waals surface area contributed by atoms with Gasteiger partial charge in [-0.1, -0.05) is 0 Å². The summed E-state index contributed by atoms with van der Waals surface area (Å²) in [7, 11) is 0. The lowest BCUT2D eigenvalue weighted by Crippen LogP contribution is -2.37. The number of nitrogens with two attached hydrogens (primary N) is 1. The maximum absolute atomic E-state index is 5.94. The molecule has 2 saturated heterocycles. The van der Waals surface area contributed by atoms with Gasteiger partial charge >= 0.3 is 0 Å². The van der Waals surface area contributed by atoms with Crippen molar-refractivity contribution < 1.29 is 4.74 Å². The zero-order valence-corrected chi connectivity index (χ0v) is 12.8. The normalized spacial score (nSPS) is 23.1. The summed E-state index contributed by atoms with van der Waals surface area (Å²) in [6.07, 6.45) is 3.80. The van der Waals surface area contributed by atoms with Crippen molar-refractivity contribution in [2.75, 3.05) is 43.4 Å². The van der Waals surface area contributed by atoms with E-state index in [2.05, 4.69) is 19.8 Å². The Morgan fingerprint density at radius 1 is 1.29 bits per heavy atom. The van der Waals surface area contributed by atoms with Crippen LogP contribution in [0.25, 0.3) is 0 Å². The zero-order valence-electron chi connectivity index (χ0n) is 12.8. The van der Waals surface area contributed by atoms with Crippen molar-refractivity contribution in [3.05, 3.63) is 11.9 Å². The number of nitrogens with zero attached hydrogens (tertiary/aromatic N) is 4. The van der Waals surface area contributed by atoms with Crippen molar-refractivity contribution in [2.24, 2.45) is 0 Å². The third-order valence-electron chi connectivity index (χ3n) is 4.34. The van der Waals surface area contributed by atoms with Gasteiger partial charge in [-0.15, -0.1) is 0 Å². The number of ether oxygens (including phenoxy) is 1. The molecule has 2 aliphatic heterocycles. The van der Waals surface area contributed by atoms with Crippen LogP contribution in [-0.4, -0.2) is 53.7 Å². The monoisotopic (exact) mass is 291 g/mol. The summed E-state index contributed by atoms with van der Waals surface area (Å²) >= 11 is 0. The highest BCUT2D eigenvalue weighted by molar-refractivity contribution is 5.47. The van der Waals surface area contributed by atoms with Gasteiger partial charge in [0.15, 0.2) is 5.82 Å². The van der Waals surface area contributed by atoms with E-state index in [-0.39, 0.29) is 0 Å². The summed E-state index contributed by atoms with van der Waals surface area (Å²) in [6, 6.07) is 2.55. The maximum Gasteiger partial charge on any atom is 0.158 e. The van der Waals surface area contributed by atoms with E-state index in [0.717, 1.165) is 18.9 Å². The first-order chi connectivity index (χ1) is 10.3. The molecule has 1 atom stereocenters. The van der Waals surface area contributed by atoms with Gasteiger partial charge in [0.2, 0.25) is 0 Å². The fourth-order valence-electron chi connectivity index (χ4n) is 3.34. The molecule has 1 aromatic rings. The molecule has 1 unspecified atom stereocenters. The van der Waals surface area contributed by atoms with Crippen LogP contribution < -0.4 is 10.6 Å². The summed E-state index contributed by atoms with van der Waals surface area (Å²) < 4.78 is 5.40. The Bertz CT molecular complexity index is 481. The average Bonchev–Trinajstić information content (AvgIpc) is 2.81.